The number of aryl methyl sites for hydroxylation is 1. The molecule has 0 aliphatic rings. The molecule has 0 spiro atoms. The van der Waals surface area contributed by atoms with Crippen molar-refractivity contribution in [3.8, 4) is 11.3 Å². The second kappa shape index (κ2) is 9.09. The molecule has 0 saturated heterocycles. The molecule has 0 unspecified atom stereocenters. The number of para-hydroxylation sites is 1. The molecule has 0 atom stereocenters. The van der Waals surface area contributed by atoms with Crippen molar-refractivity contribution in [2.45, 2.75) is 4.90 Å². The number of anilines is 2. The smallest absolute Gasteiger partial charge is 0.273 e. The molecule has 0 saturated carbocycles. The third-order valence-electron chi connectivity index (χ3n) is 4.96. The molecule has 0 bridgehead atoms. The van der Waals surface area contributed by atoms with Crippen LogP contribution >= 0.6 is 0 Å². The van der Waals surface area contributed by atoms with Gasteiger partial charge in [0.1, 0.15) is 5.69 Å². The molecule has 2 amide bonds. The number of hydrogen-bond donors (Lipinski definition) is 1. The molecular weight excluding hydrogens is 440 g/mol. The third-order valence-corrected chi connectivity index (χ3v) is 6.64. The molecule has 8 nitrogen and oxygen atoms in total. The zero-order valence-electron chi connectivity index (χ0n) is 17.6. The van der Waals surface area contributed by atoms with E-state index in [1.807, 2.05) is 30.3 Å². The zero-order valence-corrected chi connectivity index (χ0v) is 18.4. The quantitative estimate of drug-likeness (QED) is 0.424. The molecule has 0 aliphatic carbocycles. The van der Waals surface area contributed by atoms with E-state index in [9.17, 15) is 18.0 Å². The van der Waals surface area contributed by atoms with Gasteiger partial charge in [-0.25, -0.2) is 12.7 Å². The first-order valence-corrected chi connectivity index (χ1v) is 11.4. The highest BCUT2D eigenvalue weighted by Crippen LogP contribution is 2.24. The largest absolute Gasteiger partial charge is 0.321 e. The van der Waals surface area contributed by atoms with Crippen LogP contribution in [0.25, 0.3) is 11.3 Å². The van der Waals surface area contributed by atoms with Crippen LogP contribution in [0.3, 0.4) is 0 Å². The molecular formula is C24H20N4O4S. The van der Waals surface area contributed by atoms with Gasteiger partial charge in [-0.05, 0) is 42.5 Å². The minimum atomic E-state index is -4.10. The van der Waals surface area contributed by atoms with Crippen LogP contribution in [0.2, 0.25) is 0 Å². The first kappa shape index (κ1) is 22.0. The van der Waals surface area contributed by atoms with Crippen molar-refractivity contribution in [2.75, 3.05) is 9.62 Å². The molecule has 9 heteroatoms. The normalized spacial score (nSPS) is 11.1. The Morgan fingerprint density at radius 3 is 2.15 bits per heavy atom. The molecule has 0 fully saturated rings. The van der Waals surface area contributed by atoms with Crippen LogP contribution in [0.5, 0.6) is 0 Å². The van der Waals surface area contributed by atoms with Crippen molar-refractivity contribution < 1.29 is 18.0 Å². The first-order chi connectivity index (χ1) is 15.9. The van der Waals surface area contributed by atoms with E-state index in [-0.39, 0.29) is 22.9 Å². The van der Waals surface area contributed by atoms with Crippen molar-refractivity contribution in [1.82, 2.24) is 9.78 Å². The summed E-state index contributed by atoms with van der Waals surface area (Å²) in [5.74, 6) is -0.387. The van der Waals surface area contributed by atoms with Gasteiger partial charge in [0, 0.05) is 18.3 Å². The van der Waals surface area contributed by atoms with Gasteiger partial charge in [0.2, 0.25) is 6.41 Å². The third kappa shape index (κ3) is 4.53. The van der Waals surface area contributed by atoms with Crippen LogP contribution in [0, 0.1) is 0 Å². The lowest BCUT2D eigenvalue weighted by Gasteiger charge is -2.17. The van der Waals surface area contributed by atoms with Gasteiger partial charge in [-0.2, -0.15) is 5.10 Å². The van der Waals surface area contributed by atoms with E-state index >= 15 is 0 Å². The van der Waals surface area contributed by atoms with E-state index in [0.717, 1.165) is 5.56 Å². The highest BCUT2D eigenvalue weighted by molar-refractivity contribution is 7.93. The molecule has 33 heavy (non-hydrogen) atoms. The van der Waals surface area contributed by atoms with Gasteiger partial charge in [0.25, 0.3) is 15.9 Å². The number of amides is 2. The molecule has 1 N–H and O–H groups in total. The number of carbonyl (C=O) groups is 2. The molecule has 1 heterocycles. The van der Waals surface area contributed by atoms with E-state index in [1.54, 1.807) is 31.3 Å². The van der Waals surface area contributed by atoms with Crippen molar-refractivity contribution in [3.05, 3.63) is 96.7 Å². The molecule has 166 valence electrons. The van der Waals surface area contributed by atoms with Gasteiger partial charge in [-0.1, -0.05) is 48.5 Å². The molecule has 3 aromatic carbocycles. The fourth-order valence-corrected chi connectivity index (χ4v) is 4.50. The lowest BCUT2D eigenvalue weighted by atomic mass is 10.1. The van der Waals surface area contributed by atoms with Crippen LogP contribution in [-0.2, 0) is 21.9 Å². The Balaban J connectivity index is 1.53. The molecule has 0 radical (unpaired) electrons. The summed E-state index contributed by atoms with van der Waals surface area (Å²) in [6, 6.07) is 24.8. The van der Waals surface area contributed by atoms with Crippen molar-refractivity contribution in [1.29, 1.82) is 0 Å². The number of carbonyl (C=O) groups excluding carboxylic acids is 2. The molecule has 1 aromatic heterocycles. The maximum atomic E-state index is 12.9. The molecule has 0 aliphatic heterocycles. The van der Waals surface area contributed by atoms with Crippen molar-refractivity contribution in [3.63, 3.8) is 0 Å². The van der Waals surface area contributed by atoms with Gasteiger partial charge >= 0.3 is 0 Å². The summed E-state index contributed by atoms with van der Waals surface area (Å²) in [6.45, 7) is 0. The van der Waals surface area contributed by atoms with Gasteiger partial charge < -0.3 is 5.32 Å². The number of hydrogen-bond acceptors (Lipinski definition) is 5. The minimum Gasteiger partial charge on any atom is -0.321 e. The Morgan fingerprint density at radius 2 is 1.55 bits per heavy atom. The first-order valence-electron chi connectivity index (χ1n) is 9.96. The fraction of sp³-hybridized carbons (Fsp3) is 0.0417. The topological polar surface area (TPSA) is 101 Å². The highest BCUT2D eigenvalue weighted by atomic mass is 32.2. The van der Waals surface area contributed by atoms with E-state index in [4.69, 9.17) is 0 Å². The number of sulfonamides is 1. The maximum absolute atomic E-state index is 12.9. The predicted molar refractivity (Wildman–Crippen MR) is 125 cm³/mol. The summed E-state index contributed by atoms with van der Waals surface area (Å²) in [4.78, 5) is 24.2. The summed E-state index contributed by atoms with van der Waals surface area (Å²) < 4.78 is 27.9. The van der Waals surface area contributed by atoms with Crippen molar-refractivity contribution >= 4 is 33.7 Å². The number of benzene rings is 3. The Hall–Kier alpha value is -4.24. The van der Waals surface area contributed by atoms with Crippen LogP contribution in [0.15, 0.2) is 95.9 Å². The SMILES string of the molecule is Cn1nc(-c2ccccc2)cc1C(=O)Nc1ccc(S(=O)(=O)N(C=O)c2ccccc2)cc1. The number of aromatic nitrogens is 2. The van der Waals surface area contributed by atoms with Crippen LogP contribution < -0.4 is 9.62 Å². The predicted octanol–water partition coefficient (Wildman–Crippen LogP) is 3.69. The number of rotatable bonds is 7. The number of nitrogens with zero attached hydrogens (tertiary/aromatic N) is 3. The average Bonchev–Trinajstić information content (AvgIpc) is 3.23. The second-order valence-corrected chi connectivity index (χ2v) is 8.94. The summed E-state index contributed by atoms with van der Waals surface area (Å²) in [5, 5.41) is 7.13. The van der Waals surface area contributed by atoms with Gasteiger partial charge in [0.15, 0.2) is 0 Å². The van der Waals surface area contributed by atoms with E-state index in [0.29, 0.717) is 21.4 Å². The zero-order chi connectivity index (χ0) is 23.4. The lowest BCUT2D eigenvalue weighted by molar-refractivity contribution is -0.106. The summed E-state index contributed by atoms with van der Waals surface area (Å²) in [7, 11) is -2.42. The fourth-order valence-electron chi connectivity index (χ4n) is 3.28. The highest BCUT2D eigenvalue weighted by Gasteiger charge is 2.24. The molecule has 4 aromatic rings. The van der Waals surface area contributed by atoms with Gasteiger partial charge in [-0.3, -0.25) is 14.3 Å². The summed E-state index contributed by atoms with van der Waals surface area (Å²) >= 11 is 0. The standard InChI is InChI=1S/C24H20N4O4S/c1-27-23(16-22(26-27)18-8-4-2-5-9-18)24(30)25-19-12-14-21(15-13-19)33(31,32)28(17-29)20-10-6-3-7-11-20/h2-17H,1H3,(H,25,30). The molecule has 4 rings (SSSR count). The lowest BCUT2D eigenvalue weighted by Crippen LogP contribution is -2.29. The van der Waals surface area contributed by atoms with Crippen LogP contribution in [0.1, 0.15) is 10.5 Å². The Bertz CT molecular complexity index is 1380. The summed E-state index contributed by atoms with van der Waals surface area (Å²) in [5.41, 5.74) is 2.54. The maximum Gasteiger partial charge on any atom is 0.273 e. The van der Waals surface area contributed by atoms with E-state index < -0.39 is 10.0 Å². The van der Waals surface area contributed by atoms with E-state index in [1.165, 1.54) is 41.1 Å². The van der Waals surface area contributed by atoms with Crippen LogP contribution in [0.4, 0.5) is 11.4 Å². The Labute approximate surface area is 191 Å². The van der Waals surface area contributed by atoms with Crippen molar-refractivity contribution in [2.24, 2.45) is 7.05 Å². The number of nitrogens with one attached hydrogen (secondary N) is 1. The van der Waals surface area contributed by atoms with Crippen LogP contribution in [-0.4, -0.2) is 30.5 Å². The average molecular weight is 461 g/mol. The second-order valence-electron chi connectivity index (χ2n) is 7.12. The monoisotopic (exact) mass is 460 g/mol. The Kier molecular flexibility index (Phi) is 6.05. The minimum absolute atomic E-state index is 0.0802. The van der Waals surface area contributed by atoms with E-state index in [2.05, 4.69) is 10.4 Å². The summed E-state index contributed by atoms with van der Waals surface area (Å²) in [6.07, 6.45) is 0.257. The van der Waals surface area contributed by atoms with Gasteiger partial charge in [0.05, 0.1) is 16.3 Å². The Morgan fingerprint density at radius 1 is 0.939 bits per heavy atom. The van der Waals surface area contributed by atoms with Gasteiger partial charge in [-0.15, -0.1) is 0 Å².